The van der Waals surface area contributed by atoms with Crippen molar-refractivity contribution in [2.75, 3.05) is 13.7 Å². The second kappa shape index (κ2) is 6.71. The summed E-state index contributed by atoms with van der Waals surface area (Å²) in [5.74, 6) is -1.44. The molecule has 0 bridgehead atoms. The highest BCUT2D eigenvalue weighted by atomic mass is 16.6. The van der Waals surface area contributed by atoms with Crippen LogP contribution in [-0.2, 0) is 16.1 Å². The van der Waals surface area contributed by atoms with Crippen LogP contribution in [0.5, 0.6) is 0 Å². The van der Waals surface area contributed by atoms with Gasteiger partial charge in [0.05, 0.1) is 13.2 Å². The number of aliphatic hydroxyl groups is 2. The molecule has 0 fully saturated rings. The van der Waals surface area contributed by atoms with Gasteiger partial charge in [0.15, 0.2) is 5.79 Å². The van der Waals surface area contributed by atoms with Crippen molar-refractivity contribution in [3.8, 4) is 0 Å². The third-order valence-corrected chi connectivity index (χ3v) is 2.82. The molecule has 0 aliphatic rings. The Morgan fingerprint density at radius 3 is 2.41 bits per heavy atom. The van der Waals surface area contributed by atoms with E-state index in [9.17, 15) is 10.2 Å². The van der Waals surface area contributed by atoms with E-state index in [1.54, 1.807) is 6.92 Å². The van der Waals surface area contributed by atoms with Crippen LogP contribution in [0.25, 0.3) is 0 Å². The summed E-state index contributed by atoms with van der Waals surface area (Å²) in [7, 11) is 1.40. The molecule has 0 spiro atoms. The average Bonchev–Trinajstić information content (AvgIpc) is 2.40. The Hall–Kier alpha value is -0.940. The molecule has 0 saturated heterocycles. The lowest BCUT2D eigenvalue weighted by Crippen LogP contribution is -2.47. The number of hydrogen-bond donors (Lipinski definition) is 2. The van der Waals surface area contributed by atoms with Crippen LogP contribution < -0.4 is 0 Å². The van der Waals surface area contributed by atoms with Gasteiger partial charge in [-0.1, -0.05) is 37.3 Å². The van der Waals surface area contributed by atoms with E-state index in [0.29, 0.717) is 13.0 Å². The highest BCUT2D eigenvalue weighted by Crippen LogP contribution is 2.20. The molecule has 96 valence electrons. The first-order chi connectivity index (χ1) is 8.16. The number of hydrogen-bond acceptors (Lipinski definition) is 4. The van der Waals surface area contributed by atoms with Crippen molar-refractivity contribution >= 4 is 0 Å². The standard InChI is InChI=1S/C13H20O4/c1-3-13(15,16-2)12(9-14)17-10-11-7-5-4-6-8-11/h4-8,12,14-15H,3,9-10H2,1-2H3. The molecule has 1 rings (SSSR count). The van der Waals surface area contributed by atoms with Crippen LogP contribution in [0.15, 0.2) is 30.3 Å². The second-order valence-electron chi connectivity index (χ2n) is 3.87. The summed E-state index contributed by atoms with van der Waals surface area (Å²) in [5, 5.41) is 19.3. The Labute approximate surface area is 102 Å². The van der Waals surface area contributed by atoms with E-state index in [-0.39, 0.29) is 6.61 Å². The third kappa shape index (κ3) is 3.78. The van der Waals surface area contributed by atoms with E-state index in [0.717, 1.165) is 5.56 Å². The minimum atomic E-state index is -1.44. The molecule has 2 N–H and O–H groups in total. The van der Waals surface area contributed by atoms with Gasteiger partial charge in [0.25, 0.3) is 0 Å². The van der Waals surface area contributed by atoms with Gasteiger partial charge in [0, 0.05) is 13.5 Å². The lowest BCUT2D eigenvalue weighted by molar-refractivity contribution is -0.265. The van der Waals surface area contributed by atoms with Crippen LogP contribution >= 0.6 is 0 Å². The van der Waals surface area contributed by atoms with Gasteiger partial charge in [0.2, 0.25) is 0 Å². The smallest absolute Gasteiger partial charge is 0.193 e. The van der Waals surface area contributed by atoms with Gasteiger partial charge in [0.1, 0.15) is 6.10 Å². The average molecular weight is 240 g/mol. The number of rotatable bonds is 7. The molecule has 0 aliphatic heterocycles. The molecule has 2 atom stereocenters. The first kappa shape index (κ1) is 14.1. The molecule has 4 heteroatoms. The van der Waals surface area contributed by atoms with E-state index in [4.69, 9.17) is 9.47 Å². The van der Waals surface area contributed by atoms with Gasteiger partial charge in [-0.25, -0.2) is 0 Å². The molecule has 17 heavy (non-hydrogen) atoms. The van der Waals surface area contributed by atoms with E-state index < -0.39 is 11.9 Å². The van der Waals surface area contributed by atoms with Gasteiger partial charge >= 0.3 is 0 Å². The van der Waals surface area contributed by atoms with E-state index in [1.807, 2.05) is 30.3 Å². The topological polar surface area (TPSA) is 58.9 Å². The van der Waals surface area contributed by atoms with Crippen molar-refractivity contribution in [3.05, 3.63) is 35.9 Å². The lowest BCUT2D eigenvalue weighted by Gasteiger charge is -2.32. The monoisotopic (exact) mass is 240 g/mol. The highest BCUT2D eigenvalue weighted by Gasteiger charge is 2.35. The van der Waals surface area contributed by atoms with Crippen LogP contribution in [-0.4, -0.2) is 35.8 Å². The minimum Gasteiger partial charge on any atom is -0.393 e. The molecule has 2 unspecified atom stereocenters. The van der Waals surface area contributed by atoms with Crippen LogP contribution in [0.4, 0.5) is 0 Å². The molecule has 0 aromatic heterocycles. The first-order valence-corrected chi connectivity index (χ1v) is 5.70. The third-order valence-electron chi connectivity index (χ3n) is 2.82. The molecule has 0 saturated carbocycles. The number of benzene rings is 1. The van der Waals surface area contributed by atoms with Crippen LogP contribution in [0.1, 0.15) is 18.9 Å². The maximum Gasteiger partial charge on any atom is 0.193 e. The number of ether oxygens (including phenoxy) is 2. The predicted octanol–water partition coefficient (Wildman–Crippen LogP) is 1.31. The van der Waals surface area contributed by atoms with Crippen molar-refractivity contribution in [1.29, 1.82) is 0 Å². The van der Waals surface area contributed by atoms with E-state index in [1.165, 1.54) is 7.11 Å². The van der Waals surface area contributed by atoms with Crippen molar-refractivity contribution < 1.29 is 19.7 Å². The van der Waals surface area contributed by atoms with E-state index >= 15 is 0 Å². The SMILES string of the molecule is CCC(O)(OC)C(CO)OCc1ccccc1. The summed E-state index contributed by atoms with van der Waals surface area (Å²) in [6.45, 7) is 1.82. The fourth-order valence-corrected chi connectivity index (χ4v) is 1.60. The maximum absolute atomic E-state index is 10.1. The Balaban J connectivity index is 2.59. The molecular formula is C13H20O4. The summed E-state index contributed by atoms with van der Waals surface area (Å²) in [6, 6.07) is 9.59. The maximum atomic E-state index is 10.1. The minimum absolute atomic E-state index is 0.287. The number of methoxy groups -OCH3 is 1. The molecule has 0 aliphatic carbocycles. The Kier molecular flexibility index (Phi) is 5.58. The molecule has 0 heterocycles. The Bertz CT molecular complexity index is 308. The Morgan fingerprint density at radius 2 is 1.94 bits per heavy atom. The quantitative estimate of drug-likeness (QED) is 0.705. The summed E-state index contributed by atoms with van der Waals surface area (Å²) in [6.07, 6.45) is -0.401. The van der Waals surface area contributed by atoms with Gasteiger partial charge in [-0.05, 0) is 5.56 Å². The Morgan fingerprint density at radius 1 is 1.29 bits per heavy atom. The normalized spacial score (nSPS) is 16.5. The molecular weight excluding hydrogens is 220 g/mol. The van der Waals surface area contributed by atoms with Gasteiger partial charge in [-0.2, -0.15) is 0 Å². The summed E-state index contributed by atoms with van der Waals surface area (Å²) >= 11 is 0. The summed E-state index contributed by atoms with van der Waals surface area (Å²) in [5.41, 5.74) is 0.987. The first-order valence-electron chi connectivity index (χ1n) is 5.70. The molecule has 4 nitrogen and oxygen atoms in total. The summed E-state index contributed by atoms with van der Waals surface area (Å²) < 4.78 is 10.5. The van der Waals surface area contributed by atoms with Gasteiger partial charge in [-0.15, -0.1) is 0 Å². The molecule has 0 radical (unpaired) electrons. The van der Waals surface area contributed by atoms with E-state index in [2.05, 4.69) is 0 Å². The van der Waals surface area contributed by atoms with Crippen LogP contribution in [0.3, 0.4) is 0 Å². The zero-order valence-corrected chi connectivity index (χ0v) is 10.3. The van der Waals surface area contributed by atoms with Gasteiger partial charge < -0.3 is 19.7 Å². The lowest BCUT2D eigenvalue weighted by atomic mass is 10.1. The molecule has 1 aromatic rings. The van der Waals surface area contributed by atoms with Crippen molar-refractivity contribution in [3.63, 3.8) is 0 Å². The van der Waals surface area contributed by atoms with Gasteiger partial charge in [-0.3, -0.25) is 0 Å². The zero-order chi connectivity index (χ0) is 12.7. The fourth-order valence-electron chi connectivity index (χ4n) is 1.60. The highest BCUT2D eigenvalue weighted by molar-refractivity contribution is 5.13. The van der Waals surface area contributed by atoms with Crippen LogP contribution in [0.2, 0.25) is 0 Å². The predicted molar refractivity (Wildman–Crippen MR) is 64.4 cm³/mol. The van der Waals surface area contributed by atoms with Crippen LogP contribution in [0, 0.1) is 0 Å². The number of aliphatic hydroxyl groups excluding tert-OH is 1. The molecule has 1 aromatic carbocycles. The van der Waals surface area contributed by atoms with Crippen molar-refractivity contribution in [2.24, 2.45) is 0 Å². The largest absolute Gasteiger partial charge is 0.393 e. The van der Waals surface area contributed by atoms with Crippen molar-refractivity contribution in [2.45, 2.75) is 31.8 Å². The molecule has 0 amide bonds. The fraction of sp³-hybridized carbons (Fsp3) is 0.538. The van der Waals surface area contributed by atoms with Crippen molar-refractivity contribution in [1.82, 2.24) is 0 Å². The summed E-state index contributed by atoms with van der Waals surface area (Å²) in [4.78, 5) is 0. The zero-order valence-electron chi connectivity index (χ0n) is 10.3. The second-order valence-corrected chi connectivity index (χ2v) is 3.87.